The van der Waals surface area contributed by atoms with Crippen LogP contribution in [0.1, 0.15) is 31.0 Å². The number of nitrogens with one attached hydrogen (secondary N) is 2. The van der Waals surface area contributed by atoms with Crippen LogP contribution < -0.4 is 10.6 Å². The smallest absolute Gasteiger partial charge is 0.191 e. The van der Waals surface area contributed by atoms with Crippen LogP contribution in [0.15, 0.2) is 40.0 Å². The first kappa shape index (κ1) is 16.9. The predicted molar refractivity (Wildman–Crippen MR) is 84.1 cm³/mol. The van der Waals surface area contributed by atoms with E-state index in [9.17, 15) is 8.78 Å². The quantitative estimate of drug-likeness (QED) is 0.634. The number of nitrogens with zero attached hydrogens (tertiary/aromatic N) is 2. The van der Waals surface area contributed by atoms with Gasteiger partial charge in [0.05, 0.1) is 6.54 Å². The van der Waals surface area contributed by atoms with Crippen molar-refractivity contribution >= 4 is 5.96 Å². The van der Waals surface area contributed by atoms with Gasteiger partial charge in [0.15, 0.2) is 17.6 Å². The zero-order valence-corrected chi connectivity index (χ0v) is 13.1. The number of aromatic nitrogens is 1. The first-order valence-corrected chi connectivity index (χ1v) is 7.46. The second kappa shape index (κ2) is 8.26. The average molecular weight is 322 g/mol. The van der Waals surface area contributed by atoms with E-state index in [1.807, 2.05) is 13.8 Å². The molecule has 1 heterocycles. The monoisotopic (exact) mass is 322 g/mol. The molecule has 124 valence electrons. The zero-order chi connectivity index (χ0) is 16.7. The third-order valence-electron chi connectivity index (χ3n) is 3.32. The summed E-state index contributed by atoms with van der Waals surface area (Å²) in [5.74, 6) is -1.04. The molecule has 2 N–H and O–H groups in total. The average Bonchev–Trinajstić information content (AvgIpc) is 3.06. The molecule has 1 aromatic carbocycles. The molecule has 0 aliphatic rings. The van der Waals surface area contributed by atoms with E-state index in [1.54, 1.807) is 12.1 Å². The summed E-state index contributed by atoms with van der Waals surface area (Å²) in [6.07, 6.45) is 1.50. The van der Waals surface area contributed by atoms with E-state index in [2.05, 4.69) is 20.8 Å². The lowest BCUT2D eigenvalue weighted by molar-refractivity contribution is 0.412. The molecular formula is C16H20F2N4O. The van der Waals surface area contributed by atoms with Gasteiger partial charge in [0, 0.05) is 19.2 Å². The SMILES string of the molecule is CCNC(=NCc1ccon1)NCC(C)c1ccc(F)c(F)c1. The summed E-state index contributed by atoms with van der Waals surface area (Å²) in [5.41, 5.74) is 1.46. The van der Waals surface area contributed by atoms with Crippen molar-refractivity contribution < 1.29 is 13.3 Å². The topological polar surface area (TPSA) is 62.5 Å². The van der Waals surface area contributed by atoms with Crippen LogP contribution in [-0.4, -0.2) is 24.2 Å². The predicted octanol–water partition coefficient (Wildman–Crippen LogP) is 2.81. The Bertz CT molecular complexity index is 644. The lowest BCUT2D eigenvalue weighted by Gasteiger charge is -2.16. The Morgan fingerprint density at radius 1 is 1.26 bits per heavy atom. The molecule has 1 aromatic heterocycles. The van der Waals surface area contributed by atoms with Crippen molar-refractivity contribution in [1.82, 2.24) is 15.8 Å². The number of aliphatic imine (C=N–C) groups is 1. The van der Waals surface area contributed by atoms with Crippen molar-refractivity contribution in [3.8, 4) is 0 Å². The molecule has 0 aliphatic heterocycles. The summed E-state index contributed by atoms with van der Waals surface area (Å²) in [4.78, 5) is 4.39. The normalized spacial score (nSPS) is 13.0. The number of rotatable bonds is 6. The molecule has 0 radical (unpaired) electrons. The molecule has 0 amide bonds. The van der Waals surface area contributed by atoms with Crippen molar-refractivity contribution in [3.05, 3.63) is 53.4 Å². The van der Waals surface area contributed by atoms with Crippen LogP contribution in [0.3, 0.4) is 0 Å². The summed E-state index contributed by atoms with van der Waals surface area (Å²) in [6.45, 7) is 5.54. The minimum atomic E-state index is -0.837. The summed E-state index contributed by atoms with van der Waals surface area (Å²) in [6, 6.07) is 5.70. The van der Waals surface area contributed by atoms with Crippen LogP contribution >= 0.6 is 0 Å². The zero-order valence-electron chi connectivity index (χ0n) is 13.1. The van der Waals surface area contributed by atoms with Crippen molar-refractivity contribution in [3.63, 3.8) is 0 Å². The Morgan fingerprint density at radius 2 is 2.09 bits per heavy atom. The lowest BCUT2D eigenvalue weighted by atomic mass is 10.0. The first-order chi connectivity index (χ1) is 11.1. The standard InChI is InChI=1S/C16H20F2N4O/c1-3-19-16(21-10-13-6-7-23-22-13)20-9-11(2)12-4-5-14(17)15(18)8-12/h4-8,11H,3,9-10H2,1-2H3,(H2,19,20,21). The van der Waals surface area contributed by atoms with E-state index in [-0.39, 0.29) is 5.92 Å². The van der Waals surface area contributed by atoms with Crippen molar-refractivity contribution in [2.75, 3.05) is 13.1 Å². The number of halogens is 2. The van der Waals surface area contributed by atoms with Crippen LogP contribution in [0.5, 0.6) is 0 Å². The fourth-order valence-corrected chi connectivity index (χ4v) is 2.01. The van der Waals surface area contributed by atoms with Gasteiger partial charge in [-0.25, -0.2) is 13.8 Å². The van der Waals surface area contributed by atoms with Gasteiger partial charge in [-0.05, 0) is 30.5 Å². The highest BCUT2D eigenvalue weighted by Crippen LogP contribution is 2.17. The van der Waals surface area contributed by atoms with Crippen LogP contribution in [0, 0.1) is 11.6 Å². The van der Waals surface area contributed by atoms with Gasteiger partial charge in [-0.15, -0.1) is 0 Å². The highest BCUT2D eigenvalue weighted by atomic mass is 19.2. The molecule has 1 atom stereocenters. The summed E-state index contributed by atoms with van der Waals surface area (Å²) in [5, 5.41) is 10.1. The molecule has 7 heteroatoms. The molecule has 0 saturated carbocycles. The molecule has 0 saturated heterocycles. The van der Waals surface area contributed by atoms with Gasteiger partial charge in [-0.1, -0.05) is 18.1 Å². The van der Waals surface area contributed by atoms with Gasteiger partial charge in [-0.2, -0.15) is 0 Å². The number of hydrogen-bond donors (Lipinski definition) is 2. The van der Waals surface area contributed by atoms with Gasteiger partial charge in [0.2, 0.25) is 0 Å². The molecule has 2 rings (SSSR count). The molecule has 23 heavy (non-hydrogen) atoms. The summed E-state index contributed by atoms with van der Waals surface area (Å²) in [7, 11) is 0. The largest absolute Gasteiger partial charge is 0.364 e. The van der Waals surface area contributed by atoms with Gasteiger partial charge >= 0.3 is 0 Å². The molecular weight excluding hydrogens is 302 g/mol. The third kappa shape index (κ3) is 5.05. The maximum Gasteiger partial charge on any atom is 0.191 e. The van der Waals surface area contributed by atoms with Crippen molar-refractivity contribution in [2.24, 2.45) is 4.99 Å². The van der Waals surface area contributed by atoms with E-state index >= 15 is 0 Å². The Balaban J connectivity index is 1.94. The molecule has 5 nitrogen and oxygen atoms in total. The Hall–Kier alpha value is -2.44. The Kier molecular flexibility index (Phi) is 6.08. The van der Waals surface area contributed by atoms with E-state index in [1.165, 1.54) is 12.3 Å². The van der Waals surface area contributed by atoms with E-state index in [4.69, 9.17) is 4.52 Å². The van der Waals surface area contributed by atoms with Gasteiger partial charge < -0.3 is 15.2 Å². The van der Waals surface area contributed by atoms with Crippen LogP contribution in [0.25, 0.3) is 0 Å². The second-order valence-electron chi connectivity index (χ2n) is 5.14. The maximum absolute atomic E-state index is 13.3. The van der Waals surface area contributed by atoms with Crippen LogP contribution in [-0.2, 0) is 6.54 Å². The molecule has 0 aliphatic carbocycles. The van der Waals surface area contributed by atoms with E-state index < -0.39 is 11.6 Å². The van der Waals surface area contributed by atoms with Gasteiger partial charge in [0.1, 0.15) is 12.0 Å². The third-order valence-corrected chi connectivity index (χ3v) is 3.32. The van der Waals surface area contributed by atoms with Crippen molar-refractivity contribution in [2.45, 2.75) is 26.3 Å². The molecule has 0 spiro atoms. The maximum atomic E-state index is 13.3. The van der Waals surface area contributed by atoms with Crippen LogP contribution in [0.4, 0.5) is 8.78 Å². The van der Waals surface area contributed by atoms with Gasteiger partial charge in [-0.3, -0.25) is 0 Å². The Morgan fingerprint density at radius 3 is 2.74 bits per heavy atom. The van der Waals surface area contributed by atoms with E-state index in [0.29, 0.717) is 25.6 Å². The summed E-state index contributed by atoms with van der Waals surface area (Å²) >= 11 is 0. The van der Waals surface area contributed by atoms with Crippen molar-refractivity contribution in [1.29, 1.82) is 0 Å². The van der Waals surface area contributed by atoms with E-state index in [0.717, 1.165) is 17.3 Å². The van der Waals surface area contributed by atoms with Gasteiger partial charge in [0.25, 0.3) is 0 Å². The summed E-state index contributed by atoms with van der Waals surface area (Å²) < 4.78 is 31.0. The second-order valence-corrected chi connectivity index (χ2v) is 5.14. The molecule has 0 fully saturated rings. The fourth-order valence-electron chi connectivity index (χ4n) is 2.01. The fraction of sp³-hybridized carbons (Fsp3) is 0.375. The number of guanidine groups is 1. The minimum absolute atomic E-state index is 0.000932. The molecule has 2 aromatic rings. The highest BCUT2D eigenvalue weighted by Gasteiger charge is 2.10. The number of hydrogen-bond acceptors (Lipinski definition) is 3. The highest BCUT2D eigenvalue weighted by molar-refractivity contribution is 5.79. The lowest BCUT2D eigenvalue weighted by Crippen LogP contribution is -2.39. The first-order valence-electron chi connectivity index (χ1n) is 7.46. The minimum Gasteiger partial charge on any atom is -0.364 e. The van der Waals surface area contributed by atoms with Crippen LogP contribution in [0.2, 0.25) is 0 Å². The molecule has 0 bridgehead atoms. The molecule has 1 unspecified atom stereocenters. The Labute approximate surface area is 133 Å². The number of benzene rings is 1.